The molecule has 2 amide bonds. The second kappa shape index (κ2) is 9.28. The number of aliphatic hydroxyl groups excluding tert-OH is 2. The molecule has 3 N–H and O–H groups in total. The van der Waals surface area contributed by atoms with E-state index in [2.05, 4.69) is 10.3 Å². The first kappa shape index (κ1) is 22.1. The van der Waals surface area contributed by atoms with Gasteiger partial charge in [0.25, 0.3) is 0 Å². The molecule has 0 saturated heterocycles. The van der Waals surface area contributed by atoms with Crippen LogP contribution in [0.1, 0.15) is 24.8 Å². The summed E-state index contributed by atoms with van der Waals surface area (Å²) in [5, 5.41) is 23.8. The molecule has 176 valence electrons. The number of ether oxygens (including phenoxy) is 1. The summed E-state index contributed by atoms with van der Waals surface area (Å²) in [4.78, 5) is 26.2. The minimum atomic E-state index is -0.690. The molecule has 1 aromatic heterocycles. The van der Waals surface area contributed by atoms with Gasteiger partial charge in [-0.1, -0.05) is 18.2 Å². The van der Waals surface area contributed by atoms with Gasteiger partial charge < -0.3 is 20.3 Å². The number of urea groups is 1. The van der Waals surface area contributed by atoms with Crippen LogP contribution in [-0.2, 0) is 6.54 Å². The Morgan fingerprint density at radius 3 is 2.38 bits per heavy atom. The van der Waals surface area contributed by atoms with Crippen LogP contribution in [0, 0.1) is 0 Å². The Kier molecular flexibility index (Phi) is 6.04. The molecule has 1 aliphatic heterocycles. The number of amides is 2. The van der Waals surface area contributed by atoms with E-state index in [9.17, 15) is 15.0 Å². The van der Waals surface area contributed by atoms with Crippen molar-refractivity contribution >= 4 is 29.2 Å². The monoisotopic (exact) mass is 461 g/mol. The van der Waals surface area contributed by atoms with E-state index >= 15 is 0 Å². The normalized spacial score (nSPS) is 22.3. The number of hydrogen-bond donors (Lipinski definition) is 3. The van der Waals surface area contributed by atoms with Gasteiger partial charge in [-0.05, 0) is 55.7 Å². The molecule has 2 aromatic carbocycles. The highest BCUT2D eigenvalue weighted by atomic mass is 16.5. The Morgan fingerprint density at radius 1 is 1.00 bits per heavy atom. The summed E-state index contributed by atoms with van der Waals surface area (Å²) in [6.07, 6.45) is 1.38. The molecule has 2 aliphatic rings. The third-order valence-corrected chi connectivity index (χ3v) is 6.25. The van der Waals surface area contributed by atoms with Gasteiger partial charge in [-0.3, -0.25) is 9.80 Å². The van der Waals surface area contributed by atoms with E-state index in [-0.39, 0.29) is 6.03 Å². The lowest BCUT2D eigenvalue weighted by Gasteiger charge is -2.43. The van der Waals surface area contributed by atoms with Crippen molar-refractivity contribution in [3.63, 3.8) is 0 Å². The number of aromatic nitrogens is 2. The van der Waals surface area contributed by atoms with Crippen molar-refractivity contribution in [3.05, 3.63) is 66.4 Å². The number of rotatable bonds is 5. The fourth-order valence-electron chi connectivity index (χ4n) is 4.62. The zero-order valence-electron chi connectivity index (χ0n) is 18.8. The van der Waals surface area contributed by atoms with Gasteiger partial charge in [0.2, 0.25) is 5.95 Å². The first-order chi connectivity index (χ1) is 16.5. The molecule has 3 atom stereocenters. The van der Waals surface area contributed by atoms with E-state index in [0.29, 0.717) is 49.0 Å². The van der Waals surface area contributed by atoms with Gasteiger partial charge in [-0.15, -0.1) is 0 Å². The summed E-state index contributed by atoms with van der Waals surface area (Å²) in [7, 11) is 1.59. The van der Waals surface area contributed by atoms with E-state index in [1.807, 2.05) is 42.5 Å². The lowest BCUT2D eigenvalue weighted by Crippen LogP contribution is -2.55. The van der Waals surface area contributed by atoms with Crippen LogP contribution in [0.3, 0.4) is 0 Å². The van der Waals surface area contributed by atoms with Crippen LogP contribution in [-0.4, -0.2) is 51.6 Å². The molecule has 9 nitrogen and oxygen atoms in total. The van der Waals surface area contributed by atoms with E-state index in [4.69, 9.17) is 9.72 Å². The van der Waals surface area contributed by atoms with Crippen molar-refractivity contribution in [2.24, 2.45) is 0 Å². The smallest absolute Gasteiger partial charge is 0.330 e. The Balaban J connectivity index is 1.53. The van der Waals surface area contributed by atoms with Gasteiger partial charge in [0.15, 0.2) is 0 Å². The van der Waals surface area contributed by atoms with E-state index in [1.54, 1.807) is 35.2 Å². The van der Waals surface area contributed by atoms with Gasteiger partial charge in [-0.2, -0.15) is 4.98 Å². The summed E-state index contributed by atoms with van der Waals surface area (Å²) in [5.41, 5.74) is 2.33. The molecule has 1 saturated carbocycles. The molecule has 3 aromatic rings. The summed E-state index contributed by atoms with van der Waals surface area (Å²) in [6.45, 7) is 0.306. The lowest BCUT2D eigenvalue weighted by molar-refractivity contribution is 0.0314. The Labute approximate surface area is 197 Å². The van der Waals surface area contributed by atoms with Crippen LogP contribution in [0.5, 0.6) is 5.75 Å². The highest BCUT2D eigenvalue weighted by molar-refractivity contribution is 6.06. The van der Waals surface area contributed by atoms with Gasteiger partial charge >= 0.3 is 6.03 Å². The average molecular weight is 462 g/mol. The van der Waals surface area contributed by atoms with E-state index < -0.39 is 18.2 Å². The highest BCUT2D eigenvalue weighted by Gasteiger charge is 2.41. The third-order valence-electron chi connectivity index (χ3n) is 6.25. The van der Waals surface area contributed by atoms with Crippen molar-refractivity contribution in [2.45, 2.75) is 44.1 Å². The molecule has 5 rings (SSSR count). The first-order valence-electron chi connectivity index (χ1n) is 11.3. The molecular formula is C25H27N5O4. The van der Waals surface area contributed by atoms with Crippen molar-refractivity contribution in [1.82, 2.24) is 9.97 Å². The molecule has 2 heterocycles. The third kappa shape index (κ3) is 4.40. The molecule has 0 radical (unpaired) electrons. The van der Waals surface area contributed by atoms with Crippen LogP contribution >= 0.6 is 0 Å². The number of carbonyl (C=O) groups excluding carboxylic acids is 1. The number of para-hydroxylation sites is 1. The number of anilines is 4. The van der Waals surface area contributed by atoms with Gasteiger partial charge in [0, 0.05) is 29.2 Å². The number of hydrogen-bond acceptors (Lipinski definition) is 7. The zero-order chi connectivity index (χ0) is 23.7. The number of carbonyl (C=O) groups is 1. The molecule has 0 spiro atoms. The molecular weight excluding hydrogens is 434 g/mol. The molecule has 0 bridgehead atoms. The summed E-state index contributed by atoms with van der Waals surface area (Å²) < 4.78 is 5.25. The molecule has 34 heavy (non-hydrogen) atoms. The summed E-state index contributed by atoms with van der Waals surface area (Å²) in [6, 6.07) is 16.2. The minimum absolute atomic E-state index is 0.256. The molecule has 1 fully saturated rings. The first-order valence-corrected chi connectivity index (χ1v) is 11.3. The fourth-order valence-corrected chi connectivity index (χ4v) is 4.62. The number of benzene rings is 2. The fraction of sp³-hybridized carbons (Fsp3) is 0.320. The van der Waals surface area contributed by atoms with Crippen LogP contribution in [0.2, 0.25) is 0 Å². The maximum absolute atomic E-state index is 13.8. The van der Waals surface area contributed by atoms with Gasteiger partial charge in [-0.25, -0.2) is 9.78 Å². The number of aliphatic hydroxyl groups is 2. The van der Waals surface area contributed by atoms with Gasteiger partial charge in [0.05, 0.1) is 25.9 Å². The van der Waals surface area contributed by atoms with E-state index in [0.717, 1.165) is 11.3 Å². The summed E-state index contributed by atoms with van der Waals surface area (Å²) in [5.74, 6) is 1.57. The van der Waals surface area contributed by atoms with Crippen molar-refractivity contribution in [2.75, 3.05) is 22.2 Å². The largest absolute Gasteiger partial charge is 0.497 e. The maximum atomic E-state index is 13.8. The molecule has 1 unspecified atom stereocenters. The standard InChI is InChI=1S/C25H27N5O4/c1-34-22-9-7-18(8-10-22)29-15-16-14-26-24(27-17-5-3-2-4-6-17)28-23(16)30(25(29)33)19-11-20(31)13-21(32)12-19/h2-10,14,19-21,31-32H,11-13,15H2,1H3,(H,26,27,28)/t19?,20-,21+. The second-order valence-corrected chi connectivity index (χ2v) is 8.64. The maximum Gasteiger partial charge on any atom is 0.330 e. The summed E-state index contributed by atoms with van der Waals surface area (Å²) >= 11 is 0. The Morgan fingerprint density at radius 2 is 1.71 bits per heavy atom. The SMILES string of the molecule is COc1ccc(N2Cc3cnc(Nc4ccccc4)nc3N(C3C[C@@H](O)C[C@@H](O)C3)C2=O)cc1. The topological polar surface area (TPSA) is 111 Å². The predicted molar refractivity (Wildman–Crippen MR) is 128 cm³/mol. The lowest BCUT2D eigenvalue weighted by atomic mass is 9.89. The Hall–Kier alpha value is -3.69. The minimum Gasteiger partial charge on any atom is -0.497 e. The van der Waals surface area contributed by atoms with Crippen molar-refractivity contribution in [1.29, 1.82) is 0 Å². The van der Waals surface area contributed by atoms with Crippen LogP contribution in [0.15, 0.2) is 60.8 Å². The number of methoxy groups -OCH3 is 1. The van der Waals surface area contributed by atoms with Crippen LogP contribution in [0.25, 0.3) is 0 Å². The second-order valence-electron chi connectivity index (χ2n) is 8.64. The van der Waals surface area contributed by atoms with Crippen LogP contribution < -0.4 is 19.9 Å². The molecule has 9 heteroatoms. The van der Waals surface area contributed by atoms with E-state index in [1.165, 1.54) is 0 Å². The van der Waals surface area contributed by atoms with Gasteiger partial charge in [0.1, 0.15) is 11.6 Å². The Bertz CT molecular complexity index is 1150. The number of fused-ring (bicyclic) bond motifs is 1. The predicted octanol–water partition coefficient (Wildman–Crippen LogP) is 3.45. The van der Waals surface area contributed by atoms with Crippen molar-refractivity contribution < 1.29 is 19.7 Å². The quantitative estimate of drug-likeness (QED) is 0.534. The van der Waals surface area contributed by atoms with Crippen molar-refractivity contribution in [3.8, 4) is 5.75 Å². The number of nitrogens with one attached hydrogen (secondary N) is 1. The highest BCUT2D eigenvalue weighted by Crippen LogP contribution is 2.36. The molecule has 1 aliphatic carbocycles. The average Bonchev–Trinajstić information content (AvgIpc) is 2.84. The zero-order valence-corrected chi connectivity index (χ0v) is 18.8. The van der Waals surface area contributed by atoms with Crippen LogP contribution in [0.4, 0.5) is 27.9 Å². The number of nitrogens with zero attached hydrogens (tertiary/aromatic N) is 4.